The largest absolute Gasteiger partial charge is 0.368 e. The number of hydrogen-bond acceptors (Lipinski definition) is 4. The van der Waals surface area contributed by atoms with Crippen LogP contribution in [-0.4, -0.2) is 47.4 Å². The van der Waals surface area contributed by atoms with Crippen molar-refractivity contribution >= 4 is 11.8 Å². The fourth-order valence-electron chi connectivity index (χ4n) is 2.05. The fourth-order valence-corrected chi connectivity index (χ4v) is 2.05. The third-order valence-corrected chi connectivity index (χ3v) is 2.98. The molecule has 0 bridgehead atoms. The zero-order chi connectivity index (χ0) is 13.1. The van der Waals surface area contributed by atoms with Crippen molar-refractivity contribution < 1.29 is 9.59 Å². The lowest BCUT2D eigenvalue weighted by molar-refractivity contribution is -0.122. The number of rotatable bonds is 2. The van der Waals surface area contributed by atoms with Gasteiger partial charge in [-0.2, -0.15) is 0 Å². The number of aryl methyl sites for hydroxylation is 1. The molecule has 6 nitrogen and oxygen atoms in total. The number of aromatic nitrogens is 1. The summed E-state index contributed by atoms with van der Waals surface area (Å²) >= 11 is 0. The van der Waals surface area contributed by atoms with Crippen LogP contribution in [0.4, 0.5) is 0 Å². The van der Waals surface area contributed by atoms with E-state index in [0.717, 1.165) is 5.69 Å². The van der Waals surface area contributed by atoms with Crippen molar-refractivity contribution in [2.45, 2.75) is 13.0 Å². The van der Waals surface area contributed by atoms with Crippen LogP contribution in [0.25, 0.3) is 0 Å². The van der Waals surface area contributed by atoms with Gasteiger partial charge < -0.3 is 16.0 Å². The molecule has 2 amide bonds. The van der Waals surface area contributed by atoms with Crippen molar-refractivity contribution in [3.63, 3.8) is 0 Å². The van der Waals surface area contributed by atoms with Gasteiger partial charge in [0.15, 0.2) is 0 Å². The lowest BCUT2D eigenvalue weighted by Gasteiger charge is -2.34. The van der Waals surface area contributed by atoms with E-state index in [1.807, 2.05) is 6.92 Å². The van der Waals surface area contributed by atoms with Crippen LogP contribution >= 0.6 is 0 Å². The van der Waals surface area contributed by atoms with Crippen molar-refractivity contribution in [1.29, 1.82) is 0 Å². The second kappa shape index (κ2) is 5.14. The van der Waals surface area contributed by atoms with Gasteiger partial charge >= 0.3 is 0 Å². The van der Waals surface area contributed by atoms with E-state index >= 15 is 0 Å². The first-order chi connectivity index (χ1) is 8.59. The van der Waals surface area contributed by atoms with Crippen LogP contribution in [0, 0.1) is 6.92 Å². The minimum absolute atomic E-state index is 0.175. The topological polar surface area (TPSA) is 88.3 Å². The standard InChI is InChI=1S/C12H16N4O2/c1-8-6-9(2-3-15-8)12(18)16-5-4-14-7-10(16)11(13)17/h2-3,6,10,14H,4-5,7H2,1H3,(H2,13,17). The van der Waals surface area contributed by atoms with Crippen molar-refractivity contribution in [2.75, 3.05) is 19.6 Å². The second-order valence-electron chi connectivity index (χ2n) is 4.31. The molecule has 0 aliphatic carbocycles. The number of nitrogens with two attached hydrogens (primary N) is 1. The first-order valence-corrected chi connectivity index (χ1v) is 5.83. The molecule has 0 spiro atoms. The van der Waals surface area contributed by atoms with E-state index < -0.39 is 11.9 Å². The summed E-state index contributed by atoms with van der Waals surface area (Å²) < 4.78 is 0. The van der Waals surface area contributed by atoms with E-state index in [1.165, 1.54) is 4.90 Å². The predicted octanol–water partition coefficient (Wildman–Crippen LogP) is -0.711. The van der Waals surface area contributed by atoms with Crippen molar-refractivity contribution in [2.24, 2.45) is 5.73 Å². The molecule has 6 heteroatoms. The van der Waals surface area contributed by atoms with E-state index in [4.69, 9.17) is 5.73 Å². The Labute approximate surface area is 105 Å². The van der Waals surface area contributed by atoms with Crippen molar-refractivity contribution in [1.82, 2.24) is 15.2 Å². The van der Waals surface area contributed by atoms with Gasteiger partial charge in [-0.1, -0.05) is 0 Å². The quantitative estimate of drug-likeness (QED) is 0.723. The van der Waals surface area contributed by atoms with Gasteiger partial charge in [0.25, 0.3) is 5.91 Å². The number of nitrogens with one attached hydrogen (secondary N) is 1. The number of nitrogens with zero attached hydrogens (tertiary/aromatic N) is 2. The van der Waals surface area contributed by atoms with E-state index in [-0.39, 0.29) is 5.91 Å². The molecule has 2 heterocycles. The summed E-state index contributed by atoms with van der Waals surface area (Å²) in [5.74, 6) is -0.660. The Kier molecular flexibility index (Phi) is 3.57. The molecule has 1 aliphatic rings. The molecule has 0 aromatic carbocycles. The zero-order valence-electron chi connectivity index (χ0n) is 10.2. The average molecular weight is 248 g/mol. The third kappa shape index (κ3) is 2.48. The minimum Gasteiger partial charge on any atom is -0.368 e. The maximum atomic E-state index is 12.3. The highest BCUT2D eigenvalue weighted by Crippen LogP contribution is 2.11. The molecule has 96 valence electrons. The lowest BCUT2D eigenvalue weighted by Crippen LogP contribution is -2.58. The molecule has 18 heavy (non-hydrogen) atoms. The molecule has 1 aromatic heterocycles. The number of pyridine rings is 1. The summed E-state index contributed by atoms with van der Waals surface area (Å²) in [6.07, 6.45) is 1.59. The highest BCUT2D eigenvalue weighted by Gasteiger charge is 2.31. The van der Waals surface area contributed by atoms with E-state index in [9.17, 15) is 9.59 Å². The van der Waals surface area contributed by atoms with E-state index in [1.54, 1.807) is 18.3 Å². The monoisotopic (exact) mass is 248 g/mol. The van der Waals surface area contributed by atoms with Crippen molar-refractivity contribution in [3.05, 3.63) is 29.6 Å². The Bertz CT molecular complexity index is 475. The summed E-state index contributed by atoms with van der Waals surface area (Å²) in [7, 11) is 0. The summed E-state index contributed by atoms with van der Waals surface area (Å²) in [4.78, 5) is 29.2. The molecule has 1 fully saturated rings. The molecule has 1 saturated heterocycles. The fraction of sp³-hybridized carbons (Fsp3) is 0.417. The molecule has 1 aromatic rings. The number of hydrogen-bond donors (Lipinski definition) is 2. The highest BCUT2D eigenvalue weighted by atomic mass is 16.2. The number of carbonyl (C=O) groups is 2. The number of carbonyl (C=O) groups excluding carboxylic acids is 2. The van der Waals surface area contributed by atoms with E-state index in [0.29, 0.717) is 25.2 Å². The summed E-state index contributed by atoms with van der Waals surface area (Å²) in [6, 6.07) is 2.78. The number of piperazine rings is 1. The molecule has 0 radical (unpaired) electrons. The van der Waals surface area contributed by atoms with Gasteiger partial charge in [-0.05, 0) is 19.1 Å². The molecule has 1 aliphatic heterocycles. The van der Waals surface area contributed by atoms with Gasteiger partial charge in [-0.15, -0.1) is 0 Å². The van der Waals surface area contributed by atoms with Crippen LogP contribution in [-0.2, 0) is 4.79 Å². The summed E-state index contributed by atoms with van der Waals surface area (Å²) in [6.45, 7) is 3.37. The van der Waals surface area contributed by atoms with Gasteiger partial charge in [-0.25, -0.2) is 0 Å². The van der Waals surface area contributed by atoms with Gasteiger partial charge in [0.05, 0.1) is 0 Å². The molecule has 1 unspecified atom stereocenters. The van der Waals surface area contributed by atoms with Gasteiger partial charge in [-0.3, -0.25) is 14.6 Å². The number of amides is 2. The van der Waals surface area contributed by atoms with Crippen LogP contribution in [0.2, 0.25) is 0 Å². The Morgan fingerprint density at radius 2 is 2.33 bits per heavy atom. The first-order valence-electron chi connectivity index (χ1n) is 5.83. The first kappa shape index (κ1) is 12.5. The molecular weight excluding hydrogens is 232 g/mol. The maximum absolute atomic E-state index is 12.3. The van der Waals surface area contributed by atoms with E-state index in [2.05, 4.69) is 10.3 Å². The third-order valence-electron chi connectivity index (χ3n) is 2.98. The lowest BCUT2D eigenvalue weighted by atomic mass is 10.1. The van der Waals surface area contributed by atoms with Crippen LogP contribution in [0.15, 0.2) is 18.3 Å². The summed E-state index contributed by atoms with van der Waals surface area (Å²) in [5.41, 5.74) is 6.63. The second-order valence-corrected chi connectivity index (χ2v) is 4.31. The summed E-state index contributed by atoms with van der Waals surface area (Å²) in [5, 5.41) is 3.06. The predicted molar refractivity (Wildman–Crippen MR) is 65.9 cm³/mol. The Hall–Kier alpha value is -1.95. The number of primary amides is 1. The van der Waals surface area contributed by atoms with Crippen LogP contribution in [0.5, 0.6) is 0 Å². The molecule has 3 N–H and O–H groups in total. The van der Waals surface area contributed by atoms with Gasteiger partial charge in [0.1, 0.15) is 6.04 Å². The highest BCUT2D eigenvalue weighted by molar-refractivity contribution is 5.97. The van der Waals surface area contributed by atoms with Crippen LogP contribution in [0.3, 0.4) is 0 Å². The smallest absolute Gasteiger partial charge is 0.254 e. The van der Waals surface area contributed by atoms with Gasteiger partial charge in [0.2, 0.25) is 5.91 Å². The molecule has 2 rings (SSSR count). The van der Waals surface area contributed by atoms with Crippen molar-refractivity contribution in [3.8, 4) is 0 Å². The zero-order valence-corrected chi connectivity index (χ0v) is 10.2. The Morgan fingerprint density at radius 1 is 1.56 bits per heavy atom. The van der Waals surface area contributed by atoms with Crippen LogP contribution in [0.1, 0.15) is 16.1 Å². The SMILES string of the molecule is Cc1cc(C(=O)N2CCNCC2C(N)=O)ccn1. The molecule has 0 saturated carbocycles. The molecular formula is C12H16N4O2. The minimum atomic E-state index is -0.584. The van der Waals surface area contributed by atoms with Gasteiger partial charge in [0, 0.05) is 37.1 Å². The molecule has 1 atom stereocenters. The Morgan fingerprint density at radius 3 is 3.00 bits per heavy atom. The Balaban J connectivity index is 2.23. The van der Waals surface area contributed by atoms with Crippen LogP contribution < -0.4 is 11.1 Å². The average Bonchev–Trinajstić information content (AvgIpc) is 2.38. The normalized spacial score (nSPS) is 19.6. The maximum Gasteiger partial charge on any atom is 0.254 e.